The third kappa shape index (κ3) is 2.49. The number of aromatic nitrogens is 2. The number of nitrogen functional groups attached to an aromatic ring is 1. The quantitative estimate of drug-likeness (QED) is 0.734. The number of nitrogens with two attached hydrogens (primary N) is 1. The second-order valence-electron chi connectivity index (χ2n) is 4.30. The molecule has 6 heteroatoms. The summed E-state index contributed by atoms with van der Waals surface area (Å²) in [4.78, 5) is 4.19. The number of aryl methyl sites for hydroxylation is 1. The fourth-order valence-corrected chi connectivity index (χ4v) is 1.79. The van der Waals surface area contributed by atoms with Gasteiger partial charge in [0.1, 0.15) is 5.75 Å². The summed E-state index contributed by atoms with van der Waals surface area (Å²) in [7, 11) is 0. The Balaban J connectivity index is 1.70. The average molecular weight is 271 g/mol. The molecule has 20 heavy (non-hydrogen) atoms. The number of rotatable bonds is 4. The molecule has 0 atom stereocenters. The maximum Gasteiger partial charge on any atom is 0.264 e. The van der Waals surface area contributed by atoms with E-state index in [-0.39, 0.29) is 6.61 Å². The van der Waals surface area contributed by atoms with Gasteiger partial charge < -0.3 is 19.4 Å². The lowest BCUT2D eigenvalue weighted by atomic mass is 10.2. The van der Waals surface area contributed by atoms with E-state index in [2.05, 4.69) is 10.1 Å². The van der Waals surface area contributed by atoms with Gasteiger partial charge in [-0.15, -0.1) is 0 Å². The first-order valence-corrected chi connectivity index (χ1v) is 6.08. The summed E-state index contributed by atoms with van der Waals surface area (Å²) < 4.78 is 15.9. The molecule has 0 saturated carbocycles. The molecule has 0 fully saturated rings. The molecular weight excluding hydrogens is 258 g/mol. The van der Waals surface area contributed by atoms with Crippen LogP contribution in [0.2, 0.25) is 0 Å². The Labute approximate surface area is 115 Å². The Morgan fingerprint density at radius 1 is 1.30 bits per heavy atom. The van der Waals surface area contributed by atoms with E-state index in [4.69, 9.17) is 19.4 Å². The van der Waals surface area contributed by atoms with Crippen LogP contribution in [-0.2, 0) is 6.61 Å². The highest BCUT2D eigenvalue weighted by Gasteiger charge is 2.11. The maximum atomic E-state index is 5.69. The number of ether oxygens (including phenoxy) is 1. The van der Waals surface area contributed by atoms with Crippen molar-refractivity contribution in [1.82, 2.24) is 10.1 Å². The standard InChI is InChI=1S/C14H13N3O3/c1-9-7-10(15)4-5-11(9)19-8-13-16-14(17-20-13)12-3-2-6-18-12/h2-7H,8,15H2,1H3. The van der Waals surface area contributed by atoms with E-state index in [1.165, 1.54) is 0 Å². The van der Waals surface area contributed by atoms with E-state index in [1.807, 2.05) is 19.1 Å². The summed E-state index contributed by atoms with van der Waals surface area (Å²) in [5.41, 5.74) is 7.34. The Morgan fingerprint density at radius 3 is 2.95 bits per heavy atom. The summed E-state index contributed by atoms with van der Waals surface area (Å²) in [5, 5.41) is 3.83. The van der Waals surface area contributed by atoms with Crippen molar-refractivity contribution >= 4 is 5.69 Å². The van der Waals surface area contributed by atoms with Gasteiger partial charge in [-0.3, -0.25) is 0 Å². The molecule has 2 heterocycles. The number of benzene rings is 1. The van der Waals surface area contributed by atoms with Gasteiger partial charge in [-0.25, -0.2) is 0 Å². The molecule has 0 amide bonds. The molecular formula is C14H13N3O3. The van der Waals surface area contributed by atoms with Crippen molar-refractivity contribution in [3.63, 3.8) is 0 Å². The summed E-state index contributed by atoms with van der Waals surface area (Å²) in [6, 6.07) is 8.97. The first-order chi connectivity index (χ1) is 9.72. The SMILES string of the molecule is Cc1cc(N)ccc1OCc1nc(-c2ccco2)no1. The molecule has 1 aromatic carbocycles. The Hall–Kier alpha value is -2.76. The van der Waals surface area contributed by atoms with Crippen molar-refractivity contribution in [3.8, 4) is 17.3 Å². The normalized spacial score (nSPS) is 10.7. The molecule has 0 saturated heterocycles. The van der Waals surface area contributed by atoms with Crippen LogP contribution in [-0.4, -0.2) is 10.1 Å². The van der Waals surface area contributed by atoms with Crippen molar-refractivity contribution in [2.24, 2.45) is 0 Å². The number of anilines is 1. The molecule has 6 nitrogen and oxygen atoms in total. The van der Waals surface area contributed by atoms with Gasteiger partial charge >= 0.3 is 0 Å². The fourth-order valence-electron chi connectivity index (χ4n) is 1.79. The summed E-state index contributed by atoms with van der Waals surface area (Å²) in [5.74, 6) is 2.08. The summed E-state index contributed by atoms with van der Waals surface area (Å²) in [6.07, 6.45) is 1.56. The molecule has 2 N–H and O–H groups in total. The zero-order valence-electron chi connectivity index (χ0n) is 10.9. The molecule has 102 valence electrons. The van der Waals surface area contributed by atoms with Gasteiger partial charge in [0.2, 0.25) is 5.82 Å². The Kier molecular flexibility index (Phi) is 3.12. The minimum absolute atomic E-state index is 0.193. The second kappa shape index (κ2) is 5.08. The van der Waals surface area contributed by atoms with Gasteiger partial charge in [-0.1, -0.05) is 5.16 Å². The predicted molar refractivity (Wildman–Crippen MR) is 71.9 cm³/mol. The fraction of sp³-hybridized carbons (Fsp3) is 0.143. The molecule has 0 unspecified atom stereocenters. The topological polar surface area (TPSA) is 87.3 Å². The molecule has 0 bridgehead atoms. The lowest BCUT2D eigenvalue weighted by Crippen LogP contribution is -1.98. The Bertz CT molecular complexity index is 704. The highest BCUT2D eigenvalue weighted by atomic mass is 16.5. The van der Waals surface area contributed by atoms with E-state index >= 15 is 0 Å². The van der Waals surface area contributed by atoms with Gasteiger partial charge in [0, 0.05) is 5.69 Å². The first kappa shape index (κ1) is 12.3. The zero-order valence-corrected chi connectivity index (χ0v) is 10.9. The van der Waals surface area contributed by atoms with Crippen LogP contribution in [0.15, 0.2) is 45.5 Å². The number of nitrogens with zero attached hydrogens (tertiary/aromatic N) is 2. The smallest absolute Gasteiger partial charge is 0.264 e. The van der Waals surface area contributed by atoms with Crippen molar-refractivity contribution in [3.05, 3.63) is 48.0 Å². The van der Waals surface area contributed by atoms with Crippen LogP contribution < -0.4 is 10.5 Å². The summed E-state index contributed by atoms with van der Waals surface area (Å²) in [6.45, 7) is 2.12. The lowest BCUT2D eigenvalue weighted by molar-refractivity contribution is 0.241. The maximum absolute atomic E-state index is 5.69. The van der Waals surface area contributed by atoms with Gasteiger partial charge in [0.25, 0.3) is 5.89 Å². The van der Waals surface area contributed by atoms with Crippen LogP contribution in [0, 0.1) is 6.92 Å². The molecule has 0 radical (unpaired) electrons. The lowest BCUT2D eigenvalue weighted by Gasteiger charge is -2.07. The number of hydrogen-bond donors (Lipinski definition) is 1. The van der Waals surface area contributed by atoms with Crippen molar-refractivity contribution < 1.29 is 13.7 Å². The molecule has 0 aliphatic carbocycles. The van der Waals surface area contributed by atoms with E-state index in [0.29, 0.717) is 23.2 Å². The minimum atomic E-state index is 0.193. The van der Waals surface area contributed by atoms with E-state index in [9.17, 15) is 0 Å². The highest BCUT2D eigenvalue weighted by molar-refractivity contribution is 5.47. The van der Waals surface area contributed by atoms with Crippen LogP contribution in [0.1, 0.15) is 11.5 Å². The molecule has 0 spiro atoms. The first-order valence-electron chi connectivity index (χ1n) is 6.08. The van der Waals surface area contributed by atoms with Gasteiger partial charge in [0.15, 0.2) is 12.4 Å². The molecule has 3 aromatic rings. The third-order valence-electron chi connectivity index (χ3n) is 2.76. The van der Waals surface area contributed by atoms with Crippen LogP contribution in [0.3, 0.4) is 0 Å². The highest BCUT2D eigenvalue weighted by Crippen LogP contribution is 2.22. The molecule has 0 aliphatic heterocycles. The number of hydrogen-bond acceptors (Lipinski definition) is 6. The zero-order chi connectivity index (χ0) is 13.9. The van der Waals surface area contributed by atoms with Crippen LogP contribution in [0.5, 0.6) is 5.75 Å². The third-order valence-corrected chi connectivity index (χ3v) is 2.76. The van der Waals surface area contributed by atoms with Crippen molar-refractivity contribution in [1.29, 1.82) is 0 Å². The molecule has 2 aromatic heterocycles. The van der Waals surface area contributed by atoms with Crippen LogP contribution in [0.4, 0.5) is 5.69 Å². The van der Waals surface area contributed by atoms with Crippen LogP contribution in [0.25, 0.3) is 11.6 Å². The van der Waals surface area contributed by atoms with Crippen molar-refractivity contribution in [2.45, 2.75) is 13.5 Å². The van der Waals surface area contributed by atoms with Gasteiger partial charge in [-0.2, -0.15) is 4.98 Å². The average Bonchev–Trinajstić information content (AvgIpc) is 3.08. The van der Waals surface area contributed by atoms with Gasteiger partial charge in [0.05, 0.1) is 6.26 Å². The van der Waals surface area contributed by atoms with Gasteiger partial charge in [-0.05, 0) is 42.8 Å². The minimum Gasteiger partial charge on any atom is -0.483 e. The van der Waals surface area contributed by atoms with Crippen LogP contribution >= 0.6 is 0 Å². The summed E-state index contributed by atoms with van der Waals surface area (Å²) >= 11 is 0. The Morgan fingerprint density at radius 2 is 2.20 bits per heavy atom. The monoisotopic (exact) mass is 271 g/mol. The van der Waals surface area contributed by atoms with E-state index in [0.717, 1.165) is 11.3 Å². The largest absolute Gasteiger partial charge is 0.483 e. The molecule has 0 aliphatic rings. The van der Waals surface area contributed by atoms with Crippen molar-refractivity contribution in [2.75, 3.05) is 5.73 Å². The molecule has 3 rings (SSSR count). The number of furan rings is 1. The van der Waals surface area contributed by atoms with E-state index in [1.54, 1.807) is 24.5 Å². The predicted octanol–water partition coefficient (Wildman–Crippen LogP) is 2.80. The second-order valence-corrected chi connectivity index (χ2v) is 4.30. The van der Waals surface area contributed by atoms with E-state index < -0.39 is 0 Å².